The normalized spacial score (nSPS) is 16.9. The second kappa shape index (κ2) is 11.8. The number of Topliss-reactive ketones (excluding diaryl/α,β-unsaturated/α-hetero) is 1. The van der Waals surface area contributed by atoms with Crippen molar-refractivity contribution in [1.82, 2.24) is 4.90 Å². The molecule has 0 spiro atoms. The zero-order chi connectivity index (χ0) is 26.4. The minimum Gasteiger partial charge on any atom is -0.507 e. The Morgan fingerprint density at radius 3 is 2.32 bits per heavy atom. The van der Waals surface area contributed by atoms with E-state index >= 15 is 0 Å². The molecule has 6 heteroatoms. The third kappa shape index (κ3) is 6.02. The molecule has 1 aliphatic heterocycles. The minimum absolute atomic E-state index is 0.0596. The number of aliphatic hydroxyl groups is 1. The standard InChI is InChI=1S/C31H33NO5/c1-4-36-25-15-13-23(14-16-25)29(33)27-28(24-11-8-12-26(19-24)37-18-17-21(2)3)32(31(35)30(27)34)20-22-9-6-5-7-10-22/h5-16,19,21,28,33H,4,17-18,20H2,1-3H3. The predicted molar refractivity (Wildman–Crippen MR) is 143 cm³/mol. The monoisotopic (exact) mass is 499 g/mol. The van der Waals surface area contributed by atoms with Gasteiger partial charge in [-0.05, 0) is 66.8 Å². The molecular formula is C31H33NO5. The van der Waals surface area contributed by atoms with Crippen LogP contribution in [0.2, 0.25) is 0 Å². The van der Waals surface area contributed by atoms with Crippen molar-refractivity contribution in [2.75, 3.05) is 13.2 Å². The molecule has 1 saturated heterocycles. The molecule has 192 valence electrons. The van der Waals surface area contributed by atoms with Gasteiger partial charge in [0.05, 0.1) is 24.8 Å². The summed E-state index contributed by atoms with van der Waals surface area (Å²) >= 11 is 0. The summed E-state index contributed by atoms with van der Waals surface area (Å²) in [6.07, 6.45) is 0.911. The summed E-state index contributed by atoms with van der Waals surface area (Å²) in [5.41, 5.74) is 2.09. The number of hydrogen-bond acceptors (Lipinski definition) is 5. The van der Waals surface area contributed by atoms with Gasteiger partial charge in [-0.1, -0.05) is 56.3 Å². The Labute approximate surface area is 218 Å². The van der Waals surface area contributed by atoms with Gasteiger partial charge < -0.3 is 19.5 Å². The number of ketones is 1. The third-order valence-electron chi connectivity index (χ3n) is 6.31. The molecule has 1 aliphatic rings. The Kier molecular flexibility index (Phi) is 8.29. The molecule has 1 atom stereocenters. The second-order valence-corrected chi connectivity index (χ2v) is 9.47. The molecule has 4 rings (SSSR count). The van der Waals surface area contributed by atoms with Crippen molar-refractivity contribution in [3.8, 4) is 11.5 Å². The maximum absolute atomic E-state index is 13.3. The quantitative estimate of drug-likeness (QED) is 0.206. The number of carbonyl (C=O) groups excluding carboxylic acids is 2. The number of likely N-dealkylation sites (tertiary alicyclic amines) is 1. The van der Waals surface area contributed by atoms with Gasteiger partial charge in [0.25, 0.3) is 11.7 Å². The molecule has 6 nitrogen and oxygen atoms in total. The van der Waals surface area contributed by atoms with Crippen molar-refractivity contribution in [2.45, 2.75) is 39.8 Å². The summed E-state index contributed by atoms with van der Waals surface area (Å²) < 4.78 is 11.5. The summed E-state index contributed by atoms with van der Waals surface area (Å²) in [5.74, 6) is 0.255. The van der Waals surface area contributed by atoms with Crippen LogP contribution in [0.1, 0.15) is 49.9 Å². The van der Waals surface area contributed by atoms with Gasteiger partial charge >= 0.3 is 0 Å². The molecule has 0 aliphatic carbocycles. The van der Waals surface area contributed by atoms with Crippen LogP contribution in [0.5, 0.6) is 11.5 Å². The van der Waals surface area contributed by atoms with Crippen LogP contribution in [0, 0.1) is 5.92 Å². The van der Waals surface area contributed by atoms with Crippen molar-refractivity contribution >= 4 is 17.4 Å². The first-order valence-corrected chi connectivity index (χ1v) is 12.7. The minimum atomic E-state index is -0.763. The van der Waals surface area contributed by atoms with Gasteiger partial charge in [-0.2, -0.15) is 0 Å². The van der Waals surface area contributed by atoms with Crippen LogP contribution in [0.3, 0.4) is 0 Å². The molecule has 37 heavy (non-hydrogen) atoms. The Balaban J connectivity index is 1.77. The van der Waals surface area contributed by atoms with E-state index in [9.17, 15) is 14.7 Å². The highest BCUT2D eigenvalue weighted by Crippen LogP contribution is 2.41. The number of aliphatic hydroxyl groups excluding tert-OH is 1. The lowest BCUT2D eigenvalue weighted by molar-refractivity contribution is -0.140. The number of hydrogen-bond donors (Lipinski definition) is 1. The number of ether oxygens (including phenoxy) is 2. The molecule has 0 radical (unpaired) electrons. The summed E-state index contributed by atoms with van der Waals surface area (Å²) in [6.45, 7) is 7.48. The van der Waals surface area contributed by atoms with Gasteiger partial charge in [-0.3, -0.25) is 9.59 Å². The molecule has 3 aromatic carbocycles. The lowest BCUT2D eigenvalue weighted by Crippen LogP contribution is -2.29. The van der Waals surface area contributed by atoms with Gasteiger partial charge in [0, 0.05) is 12.1 Å². The first-order chi connectivity index (χ1) is 17.9. The van der Waals surface area contributed by atoms with Crippen LogP contribution in [0.15, 0.2) is 84.4 Å². The van der Waals surface area contributed by atoms with Gasteiger partial charge in [-0.15, -0.1) is 0 Å². The predicted octanol–water partition coefficient (Wildman–Crippen LogP) is 6.13. The van der Waals surface area contributed by atoms with Crippen molar-refractivity contribution in [3.63, 3.8) is 0 Å². The van der Waals surface area contributed by atoms with E-state index in [-0.39, 0.29) is 17.9 Å². The van der Waals surface area contributed by atoms with Crippen LogP contribution in [0.25, 0.3) is 5.76 Å². The Bertz CT molecular complexity index is 1260. The zero-order valence-corrected chi connectivity index (χ0v) is 21.5. The van der Waals surface area contributed by atoms with E-state index < -0.39 is 17.7 Å². The molecule has 0 bridgehead atoms. The Morgan fingerprint density at radius 1 is 0.919 bits per heavy atom. The fourth-order valence-electron chi connectivity index (χ4n) is 4.39. The van der Waals surface area contributed by atoms with E-state index in [2.05, 4.69) is 13.8 Å². The molecule has 1 heterocycles. The molecule has 3 aromatic rings. The van der Waals surface area contributed by atoms with Gasteiger partial charge in [0.2, 0.25) is 0 Å². The molecule has 0 aromatic heterocycles. The highest BCUT2D eigenvalue weighted by Gasteiger charge is 2.46. The number of carbonyl (C=O) groups is 2. The van der Waals surface area contributed by atoms with Crippen LogP contribution in [-0.4, -0.2) is 34.9 Å². The van der Waals surface area contributed by atoms with E-state index in [0.29, 0.717) is 41.8 Å². The van der Waals surface area contributed by atoms with Crippen molar-refractivity contribution in [1.29, 1.82) is 0 Å². The topological polar surface area (TPSA) is 76.1 Å². The average molecular weight is 500 g/mol. The SMILES string of the molecule is CCOc1ccc(C(O)=C2C(=O)C(=O)N(Cc3ccccc3)C2c2cccc(OCCC(C)C)c2)cc1. The summed E-state index contributed by atoms with van der Waals surface area (Å²) in [4.78, 5) is 28.2. The fraction of sp³-hybridized carbons (Fsp3) is 0.290. The summed E-state index contributed by atoms with van der Waals surface area (Å²) in [5, 5.41) is 11.3. The van der Waals surface area contributed by atoms with Crippen LogP contribution in [-0.2, 0) is 16.1 Å². The maximum atomic E-state index is 13.3. The molecule has 1 N–H and O–H groups in total. The highest BCUT2D eigenvalue weighted by molar-refractivity contribution is 6.46. The first-order valence-electron chi connectivity index (χ1n) is 12.7. The Morgan fingerprint density at radius 2 is 1.65 bits per heavy atom. The summed E-state index contributed by atoms with van der Waals surface area (Å²) in [6, 6.07) is 23.0. The molecule has 0 saturated carbocycles. The van der Waals surface area contributed by atoms with Gasteiger partial charge in [0.15, 0.2) is 0 Å². The van der Waals surface area contributed by atoms with Gasteiger partial charge in [0.1, 0.15) is 17.3 Å². The zero-order valence-electron chi connectivity index (χ0n) is 21.5. The lowest BCUT2D eigenvalue weighted by Gasteiger charge is -2.26. The molecule has 1 fully saturated rings. The lowest BCUT2D eigenvalue weighted by atomic mass is 9.95. The number of amides is 1. The number of rotatable bonds is 10. The van der Waals surface area contributed by atoms with E-state index in [1.54, 1.807) is 24.3 Å². The smallest absolute Gasteiger partial charge is 0.295 e. The fourth-order valence-corrected chi connectivity index (χ4v) is 4.39. The largest absolute Gasteiger partial charge is 0.507 e. The average Bonchev–Trinajstić information content (AvgIpc) is 3.14. The van der Waals surface area contributed by atoms with E-state index in [4.69, 9.17) is 9.47 Å². The molecular weight excluding hydrogens is 466 g/mol. The number of nitrogens with zero attached hydrogens (tertiary/aromatic N) is 1. The van der Waals surface area contributed by atoms with Gasteiger partial charge in [-0.25, -0.2) is 0 Å². The molecule has 1 unspecified atom stereocenters. The second-order valence-electron chi connectivity index (χ2n) is 9.47. The van der Waals surface area contributed by atoms with Crippen LogP contribution < -0.4 is 9.47 Å². The maximum Gasteiger partial charge on any atom is 0.295 e. The number of benzene rings is 3. The highest BCUT2D eigenvalue weighted by atomic mass is 16.5. The van der Waals surface area contributed by atoms with Crippen molar-refractivity contribution in [2.24, 2.45) is 5.92 Å². The van der Waals surface area contributed by atoms with E-state index in [0.717, 1.165) is 12.0 Å². The van der Waals surface area contributed by atoms with E-state index in [1.807, 2.05) is 61.5 Å². The van der Waals surface area contributed by atoms with Crippen LogP contribution in [0.4, 0.5) is 0 Å². The third-order valence-corrected chi connectivity index (χ3v) is 6.31. The molecule has 1 amide bonds. The van der Waals surface area contributed by atoms with Crippen molar-refractivity contribution in [3.05, 3.63) is 101 Å². The first kappa shape index (κ1) is 26.0. The van der Waals surface area contributed by atoms with E-state index in [1.165, 1.54) is 4.90 Å². The summed E-state index contributed by atoms with van der Waals surface area (Å²) in [7, 11) is 0. The van der Waals surface area contributed by atoms with Crippen LogP contribution >= 0.6 is 0 Å². The Hall–Kier alpha value is -4.06. The van der Waals surface area contributed by atoms with Crippen molar-refractivity contribution < 1.29 is 24.2 Å².